The lowest BCUT2D eigenvalue weighted by atomic mass is 9.94. The summed E-state index contributed by atoms with van der Waals surface area (Å²) in [5.74, 6) is 1.88. The maximum absolute atomic E-state index is 6.20. The average Bonchev–Trinajstić information content (AvgIpc) is 2.71. The monoisotopic (exact) mass is 401 g/mol. The van der Waals surface area contributed by atoms with Gasteiger partial charge in [-0.15, -0.1) is 12.4 Å². The fourth-order valence-corrected chi connectivity index (χ4v) is 4.03. The number of hydrogen-bond donors (Lipinski definition) is 0. The van der Waals surface area contributed by atoms with Crippen LogP contribution in [-0.4, -0.2) is 31.1 Å². The van der Waals surface area contributed by atoms with Gasteiger partial charge in [0.15, 0.2) is 0 Å². The molecule has 0 amide bonds. The summed E-state index contributed by atoms with van der Waals surface area (Å²) in [6, 6.07) is 19.2. The first-order valence-corrected chi connectivity index (χ1v) is 10.8. The summed E-state index contributed by atoms with van der Waals surface area (Å²) >= 11 is 0. The highest BCUT2D eigenvalue weighted by atomic mass is 35.5. The molecule has 1 saturated heterocycles. The van der Waals surface area contributed by atoms with E-state index in [1.165, 1.54) is 69.3 Å². The standard InChI is InChI=1S/C25H35NO.ClH/c1-2-3-9-17-26-18-14-22(15-19-26)16-20-27-25-13-8-7-12-24(25)21-23-10-5-4-6-11-23;/h4-8,10-13,22H,2-3,9,14-21H2,1H3;1H. The van der Waals surface area contributed by atoms with Crippen LogP contribution in [0.15, 0.2) is 54.6 Å². The predicted octanol–water partition coefficient (Wildman–Crippen LogP) is 6.37. The van der Waals surface area contributed by atoms with Gasteiger partial charge in [0, 0.05) is 6.42 Å². The largest absolute Gasteiger partial charge is 0.493 e. The zero-order valence-corrected chi connectivity index (χ0v) is 18.1. The molecule has 2 aromatic rings. The molecule has 0 aliphatic carbocycles. The number of ether oxygens (including phenoxy) is 1. The second-order valence-corrected chi connectivity index (χ2v) is 7.90. The fraction of sp³-hybridized carbons (Fsp3) is 0.520. The van der Waals surface area contributed by atoms with Crippen LogP contribution in [0.3, 0.4) is 0 Å². The van der Waals surface area contributed by atoms with Crippen LogP contribution in [0.25, 0.3) is 0 Å². The Kier molecular flexibility index (Phi) is 10.5. The van der Waals surface area contributed by atoms with Crippen molar-refractivity contribution in [1.82, 2.24) is 4.90 Å². The number of hydrogen-bond acceptors (Lipinski definition) is 2. The molecule has 2 aromatic carbocycles. The van der Waals surface area contributed by atoms with E-state index in [9.17, 15) is 0 Å². The lowest BCUT2D eigenvalue weighted by molar-refractivity contribution is 0.161. The Labute approximate surface area is 177 Å². The zero-order chi connectivity index (χ0) is 18.7. The van der Waals surface area contributed by atoms with Crippen molar-refractivity contribution in [2.75, 3.05) is 26.2 Å². The Morgan fingerprint density at radius 2 is 1.64 bits per heavy atom. The van der Waals surface area contributed by atoms with Gasteiger partial charge in [-0.2, -0.15) is 0 Å². The summed E-state index contributed by atoms with van der Waals surface area (Å²) in [6.45, 7) is 6.97. The average molecular weight is 402 g/mol. The van der Waals surface area contributed by atoms with E-state index in [0.717, 1.165) is 24.7 Å². The van der Waals surface area contributed by atoms with Crippen LogP contribution in [0.2, 0.25) is 0 Å². The van der Waals surface area contributed by atoms with Crippen LogP contribution in [0.1, 0.15) is 56.6 Å². The fourth-order valence-electron chi connectivity index (χ4n) is 4.03. The summed E-state index contributed by atoms with van der Waals surface area (Å²) in [7, 11) is 0. The molecule has 1 fully saturated rings. The van der Waals surface area contributed by atoms with Gasteiger partial charge in [-0.25, -0.2) is 0 Å². The smallest absolute Gasteiger partial charge is 0.122 e. The number of benzene rings is 2. The molecule has 2 nitrogen and oxygen atoms in total. The van der Waals surface area contributed by atoms with Gasteiger partial charge in [-0.05, 0) is 68.4 Å². The Morgan fingerprint density at radius 3 is 2.39 bits per heavy atom. The number of halogens is 1. The molecule has 3 heteroatoms. The molecule has 0 radical (unpaired) electrons. The van der Waals surface area contributed by atoms with Gasteiger partial charge < -0.3 is 9.64 Å². The number of nitrogens with zero attached hydrogens (tertiary/aromatic N) is 1. The molecular formula is C25H36ClNO. The van der Waals surface area contributed by atoms with Gasteiger partial charge in [-0.1, -0.05) is 68.3 Å². The number of piperidine rings is 1. The first kappa shape index (κ1) is 22.8. The van der Waals surface area contributed by atoms with Crippen molar-refractivity contribution in [3.8, 4) is 5.75 Å². The third-order valence-corrected chi connectivity index (χ3v) is 5.78. The van der Waals surface area contributed by atoms with Gasteiger partial charge in [0.2, 0.25) is 0 Å². The number of unbranched alkanes of at least 4 members (excludes halogenated alkanes) is 2. The van der Waals surface area contributed by atoms with Crippen molar-refractivity contribution in [3.05, 3.63) is 65.7 Å². The van der Waals surface area contributed by atoms with E-state index in [1.807, 2.05) is 0 Å². The van der Waals surface area contributed by atoms with Crippen molar-refractivity contribution in [1.29, 1.82) is 0 Å². The summed E-state index contributed by atoms with van der Waals surface area (Å²) in [5.41, 5.74) is 2.62. The minimum absolute atomic E-state index is 0. The van der Waals surface area contributed by atoms with Gasteiger partial charge in [-0.3, -0.25) is 0 Å². The highest BCUT2D eigenvalue weighted by molar-refractivity contribution is 5.85. The van der Waals surface area contributed by atoms with Crippen LogP contribution in [-0.2, 0) is 6.42 Å². The molecule has 3 rings (SSSR count). The van der Waals surface area contributed by atoms with Gasteiger partial charge in [0.1, 0.15) is 5.75 Å². The van der Waals surface area contributed by atoms with E-state index in [2.05, 4.69) is 66.4 Å². The molecular weight excluding hydrogens is 366 g/mol. The highest BCUT2D eigenvalue weighted by Gasteiger charge is 2.18. The van der Waals surface area contributed by atoms with Crippen LogP contribution in [0.4, 0.5) is 0 Å². The highest BCUT2D eigenvalue weighted by Crippen LogP contribution is 2.24. The van der Waals surface area contributed by atoms with Crippen molar-refractivity contribution < 1.29 is 4.74 Å². The third kappa shape index (κ3) is 7.48. The topological polar surface area (TPSA) is 12.5 Å². The molecule has 28 heavy (non-hydrogen) atoms. The van der Waals surface area contributed by atoms with Crippen molar-refractivity contribution in [2.45, 2.75) is 51.9 Å². The maximum Gasteiger partial charge on any atom is 0.122 e. The minimum atomic E-state index is 0. The summed E-state index contributed by atoms with van der Waals surface area (Å²) in [5, 5.41) is 0. The Morgan fingerprint density at radius 1 is 0.929 bits per heavy atom. The molecule has 0 atom stereocenters. The lowest BCUT2D eigenvalue weighted by Crippen LogP contribution is -2.34. The van der Waals surface area contributed by atoms with E-state index in [-0.39, 0.29) is 12.4 Å². The Balaban J connectivity index is 0.00000280. The van der Waals surface area contributed by atoms with E-state index >= 15 is 0 Å². The van der Waals surface area contributed by atoms with Crippen LogP contribution < -0.4 is 4.74 Å². The van der Waals surface area contributed by atoms with E-state index in [0.29, 0.717) is 0 Å². The summed E-state index contributed by atoms with van der Waals surface area (Å²) in [4.78, 5) is 2.65. The number of likely N-dealkylation sites (tertiary alicyclic amines) is 1. The van der Waals surface area contributed by atoms with Crippen LogP contribution in [0, 0.1) is 5.92 Å². The molecule has 1 heterocycles. The lowest BCUT2D eigenvalue weighted by Gasteiger charge is -2.32. The van der Waals surface area contributed by atoms with E-state index in [4.69, 9.17) is 4.74 Å². The predicted molar refractivity (Wildman–Crippen MR) is 122 cm³/mol. The Hall–Kier alpha value is -1.51. The normalized spacial score (nSPS) is 15.2. The van der Waals surface area contributed by atoms with Crippen molar-refractivity contribution in [3.63, 3.8) is 0 Å². The van der Waals surface area contributed by atoms with Crippen LogP contribution >= 0.6 is 12.4 Å². The second kappa shape index (κ2) is 12.9. The third-order valence-electron chi connectivity index (χ3n) is 5.78. The molecule has 0 bridgehead atoms. The summed E-state index contributed by atoms with van der Waals surface area (Å²) in [6.07, 6.45) is 8.84. The van der Waals surface area contributed by atoms with Gasteiger partial charge in [0.05, 0.1) is 6.61 Å². The Bertz CT molecular complexity index is 653. The SMILES string of the molecule is CCCCCN1CCC(CCOc2ccccc2Cc2ccccc2)CC1.Cl. The van der Waals surface area contributed by atoms with Gasteiger partial charge in [0.25, 0.3) is 0 Å². The van der Waals surface area contributed by atoms with Crippen molar-refractivity contribution in [2.24, 2.45) is 5.92 Å². The first-order chi connectivity index (χ1) is 13.3. The summed E-state index contributed by atoms with van der Waals surface area (Å²) < 4.78 is 6.20. The number of rotatable bonds is 10. The van der Waals surface area contributed by atoms with Crippen molar-refractivity contribution >= 4 is 12.4 Å². The quantitative estimate of drug-likeness (QED) is 0.429. The van der Waals surface area contributed by atoms with E-state index < -0.39 is 0 Å². The zero-order valence-electron chi connectivity index (χ0n) is 17.3. The molecule has 0 N–H and O–H groups in total. The molecule has 1 aliphatic heterocycles. The maximum atomic E-state index is 6.20. The molecule has 0 spiro atoms. The first-order valence-electron chi connectivity index (χ1n) is 10.8. The minimum Gasteiger partial charge on any atom is -0.493 e. The molecule has 1 aliphatic rings. The van der Waals surface area contributed by atoms with E-state index in [1.54, 1.807) is 0 Å². The van der Waals surface area contributed by atoms with Crippen LogP contribution in [0.5, 0.6) is 5.75 Å². The van der Waals surface area contributed by atoms with Gasteiger partial charge >= 0.3 is 0 Å². The molecule has 0 saturated carbocycles. The molecule has 154 valence electrons. The second-order valence-electron chi connectivity index (χ2n) is 7.90. The molecule has 0 unspecified atom stereocenters. The number of para-hydroxylation sites is 1. The molecule has 0 aromatic heterocycles.